The summed E-state index contributed by atoms with van der Waals surface area (Å²) in [4.78, 5) is 29.6. The number of carbonyl (C=O) groups excluding carboxylic acids is 2. The van der Waals surface area contributed by atoms with Crippen molar-refractivity contribution in [1.29, 1.82) is 0 Å². The number of methoxy groups -OCH3 is 1. The molecule has 1 N–H and O–H groups in total. The van der Waals surface area contributed by atoms with Crippen molar-refractivity contribution < 1.29 is 22.7 Å². The molecule has 0 bridgehead atoms. The largest absolute Gasteiger partial charge is 0.497 e. The summed E-state index contributed by atoms with van der Waals surface area (Å²) in [6, 6.07) is 23.0. The van der Waals surface area contributed by atoms with Crippen LogP contribution in [0, 0.1) is 3.57 Å². The third-order valence-corrected chi connectivity index (χ3v) is 9.11. The Kier molecular flexibility index (Phi) is 10.7. The van der Waals surface area contributed by atoms with Gasteiger partial charge in [-0.2, -0.15) is 0 Å². The first-order valence-electron chi connectivity index (χ1n) is 13.6. The lowest BCUT2D eigenvalue weighted by Gasteiger charge is -2.34. The van der Waals surface area contributed by atoms with Crippen LogP contribution < -0.4 is 14.4 Å². The van der Waals surface area contributed by atoms with E-state index in [9.17, 15) is 18.0 Å². The predicted molar refractivity (Wildman–Crippen MR) is 169 cm³/mol. The number of benzene rings is 3. The summed E-state index contributed by atoms with van der Waals surface area (Å²) in [7, 11) is -2.23. The molecular weight excluding hydrogens is 653 g/mol. The SMILES string of the molecule is COc1cccc(CN(C(=O)CN(c2ccc(I)cc2)S(C)(=O)=O)[C@@H](Cc2ccccc2)C(=O)NC2CCCC2)c1. The fraction of sp³-hybridized carbons (Fsp3) is 0.355. The van der Waals surface area contributed by atoms with Gasteiger partial charge in [0.05, 0.1) is 19.1 Å². The number of hydrogen-bond donors (Lipinski definition) is 1. The van der Waals surface area contributed by atoms with Gasteiger partial charge in [-0.15, -0.1) is 0 Å². The Morgan fingerprint density at radius 1 is 0.976 bits per heavy atom. The first kappa shape index (κ1) is 30.8. The maximum Gasteiger partial charge on any atom is 0.244 e. The molecule has 3 aromatic carbocycles. The highest BCUT2D eigenvalue weighted by molar-refractivity contribution is 14.1. The first-order chi connectivity index (χ1) is 19.6. The minimum atomic E-state index is -3.80. The molecule has 218 valence electrons. The molecular formula is C31H36IN3O5S. The highest BCUT2D eigenvalue weighted by atomic mass is 127. The molecule has 0 spiro atoms. The van der Waals surface area contributed by atoms with E-state index in [2.05, 4.69) is 27.9 Å². The van der Waals surface area contributed by atoms with E-state index < -0.39 is 28.5 Å². The van der Waals surface area contributed by atoms with Crippen molar-refractivity contribution in [3.63, 3.8) is 0 Å². The van der Waals surface area contributed by atoms with Crippen molar-refractivity contribution in [2.75, 3.05) is 24.2 Å². The molecule has 1 aliphatic rings. The van der Waals surface area contributed by atoms with Crippen molar-refractivity contribution in [3.05, 3.63) is 93.6 Å². The van der Waals surface area contributed by atoms with Gasteiger partial charge in [0.1, 0.15) is 18.3 Å². The lowest BCUT2D eigenvalue weighted by atomic mass is 10.0. The van der Waals surface area contributed by atoms with E-state index in [0.717, 1.165) is 50.9 Å². The molecule has 0 aromatic heterocycles. The Balaban J connectivity index is 1.73. The number of sulfonamides is 1. The average Bonchev–Trinajstić information content (AvgIpc) is 3.47. The Bertz CT molecular complexity index is 1430. The standard InChI is InChI=1S/C31H36IN3O5S/c1-40-28-14-8-11-24(19-28)21-34(30(36)22-35(41(2,38)39)27-17-15-25(32)16-18-27)29(20-23-9-4-3-5-10-23)31(37)33-26-12-6-7-13-26/h3-5,8-11,14-19,26,29H,6-7,12-13,20-22H2,1-2H3,(H,33,37)/t29-/m0/s1. The molecule has 8 nitrogen and oxygen atoms in total. The van der Waals surface area contributed by atoms with Gasteiger partial charge in [-0.25, -0.2) is 8.42 Å². The number of nitrogens with one attached hydrogen (secondary N) is 1. The number of anilines is 1. The Hall–Kier alpha value is -3.12. The molecule has 3 aromatic rings. The van der Waals surface area contributed by atoms with Crippen molar-refractivity contribution in [2.45, 2.75) is 50.7 Å². The minimum Gasteiger partial charge on any atom is -0.497 e. The summed E-state index contributed by atoms with van der Waals surface area (Å²) in [5.41, 5.74) is 2.06. The zero-order valence-corrected chi connectivity index (χ0v) is 26.3. The number of nitrogens with zero attached hydrogens (tertiary/aromatic N) is 2. The van der Waals surface area contributed by atoms with Crippen LogP contribution in [0.25, 0.3) is 0 Å². The molecule has 1 fully saturated rings. The van der Waals surface area contributed by atoms with E-state index in [1.807, 2.05) is 54.6 Å². The summed E-state index contributed by atoms with van der Waals surface area (Å²) >= 11 is 2.14. The second kappa shape index (κ2) is 14.2. The highest BCUT2D eigenvalue weighted by Gasteiger charge is 2.34. The Morgan fingerprint density at radius 3 is 2.27 bits per heavy atom. The normalized spacial score (nSPS) is 14.3. The van der Waals surface area contributed by atoms with Crippen LogP contribution in [-0.2, 0) is 32.6 Å². The summed E-state index contributed by atoms with van der Waals surface area (Å²) in [6.07, 6.45) is 5.29. The third kappa shape index (κ3) is 8.68. The first-order valence-corrected chi connectivity index (χ1v) is 16.6. The van der Waals surface area contributed by atoms with Crippen LogP contribution >= 0.6 is 22.6 Å². The van der Waals surface area contributed by atoms with Gasteiger partial charge < -0.3 is 15.0 Å². The second-order valence-corrected chi connectivity index (χ2v) is 13.5. The van der Waals surface area contributed by atoms with Gasteiger partial charge >= 0.3 is 0 Å². The van der Waals surface area contributed by atoms with E-state index in [4.69, 9.17) is 4.74 Å². The van der Waals surface area contributed by atoms with Crippen LogP contribution in [0.3, 0.4) is 0 Å². The van der Waals surface area contributed by atoms with Crippen molar-refractivity contribution in [3.8, 4) is 5.75 Å². The molecule has 1 aliphatic carbocycles. The summed E-state index contributed by atoms with van der Waals surface area (Å²) in [5, 5.41) is 3.17. The van der Waals surface area contributed by atoms with Crippen LogP contribution in [0.5, 0.6) is 5.75 Å². The number of ether oxygens (including phenoxy) is 1. The fourth-order valence-electron chi connectivity index (χ4n) is 5.11. The highest BCUT2D eigenvalue weighted by Crippen LogP contribution is 2.23. The van der Waals surface area contributed by atoms with Crippen LogP contribution in [-0.4, -0.2) is 57.1 Å². The fourth-order valence-corrected chi connectivity index (χ4v) is 6.32. The van der Waals surface area contributed by atoms with E-state index in [1.54, 1.807) is 31.4 Å². The van der Waals surface area contributed by atoms with Crippen LogP contribution in [0.1, 0.15) is 36.8 Å². The minimum absolute atomic E-state index is 0.0638. The van der Waals surface area contributed by atoms with Gasteiger partial charge in [-0.05, 0) is 83.0 Å². The number of hydrogen-bond acceptors (Lipinski definition) is 5. The molecule has 1 saturated carbocycles. The molecule has 1 atom stereocenters. The van der Waals surface area contributed by atoms with E-state index in [-0.39, 0.29) is 24.9 Å². The maximum absolute atomic E-state index is 14.2. The van der Waals surface area contributed by atoms with Crippen LogP contribution in [0.2, 0.25) is 0 Å². The topological polar surface area (TPSA) is 96.0 Å². The van der Waals surface area contributed by atoms with Crippen molar-refractivity contribution >= 4 is 50.1 Å². The number of carbonyl (C=O) groups is 2. The lowest BCUT2D eigenvalue weighted by Crippen LogP contribution is -2.54. The molecule has 0 aliphatic heterocycles. The lowest BCUT2D eigenvalue weighted by molar-refractivity contribution is -0.140. The molecule has 10 heteroatoms. The summed E-state index contributed by atoms with van der Waals surface area (Å²) in [5.74, 6) is -0.0852. The van der Waals surface area contributed by atoms with Gasteiger partial charge in [0.15, 0.2) is 0 Å². The zero-order valence-electron chi connectivity index (χ0n) is 23.3. The Labute approximate surface area is 256 Å². The van der Waals surface area contributed by atoms with E-state index >= 15 is 0 Å². The quantitative estimate of drug-likeness (QED) is 0.277. The second-order valence-electron chi connectivity index (χ2n) is 10.3. The van der Waals surface area contributed by atoms with Gasteiger partial charge in [-0.3, -0.25) is 13.9 Å². The van der Waals surface area contributed by atoms with Crippen molar-refractivity contribution in [1.82, 2.24) is 10.2 Å². The molecule has 4 rings (SSSR count). The van der Waals surface area contributed by atoms with Gasteiger partial charge in [0.2, 0.25) is 21.8 Å². The van der Waals surface area contributed by atoms with Gasteiger partial charge in [0, 0.05) is 22.6 Å². The van der Waals surface area contributed by atoms with Crippen LogP contribution in [0.15, 0.2) is 78.9 Å². The van der Waals surface area contributed by atoms with Gasteiger partial charge in [-0.1, -0.05) is 55.3 Å². The number of halogens is 1. The molecule has 41 heavy (non-hydrogen) atoms. The number of amides is 2. The molecule has 0 heterocycles. The summed E-state index contributed by atoms with van der Waals surface area (Å²) in [6.45, 7) is -0.332. The molecule has 0 unspecified atom stereocenters. The molecule has 2 amide bonds. The van der Waals surface area contributed by atoms with Crippen molar-refractivity contribution in [2.24, 2.45) is 0 Å². The van der Waals surface area contributed by atoms with E-state index in [1.165, 1.54) is 4.90 Å². The number of rotatable bonds is 12. The van der Waals surface area contributed by atoms with Gasteiger partial charge in [0.25, 0.3) is 0 Å². The van der Waals surface area contributed by atoms with E-state index in [0.29, 0.717) is 11.4 Å². The van der Waals surface area contributed by atoms with Crippen LogP contribution in [0.4, 0.5) is 5.69 Å². The zero-order chi connectivity index (χ0) is 29.4. The average molecular weight is 690 g/mol. The smallest absolute Gasteiger partial charge is 0.244 e. The Morgan fingerprint density at radius 2 is 1.63 bits per heavy atom. The predicted octanol–water partition coefficient (Wildman–Crippen LogP) is 4.76. The molecule has 0 saturated heterocycles. The maximum atomic E-state index is 14.2. The third-order valence-electron chi connectivity index (χ3n) is 7.25. The molecule has 0 radical (unpaired) electrons. The monoisotopic (exact) mass is 689 g/mol. The summed E-state index contributed by atoms with van der Waals surface area (Å²) < 4.78 is 33.2.